The van der Waals surface area contributed by atoms with Crippen LogP contribution >= 0.6 is 0 Å². The molecule has 0 radical (unpaired) electrons. The van der Waals surface area contributed by atoms with Crippen LogP contribution in [0.25, 0.3) is 0 Å². The van der Waals surface area contributed by atoms with Crippen molar-refractivity contribution in [2.45, 2.75) is 78.0 Å². The summed E-state index contributed by atoms with van der Waals surface area (Å²) in [5.41, 5.74) is 2.41. The number of pyridine rings is 1. The van der Waals surface area contributed by atoms with Gasteiger partial charge in [-0.15, -0.1) is 0 Å². The molecule has 20 heavy (non-hydrogen) atoms. The van der Waals surface area contributed by atoms with Crippen LogP contribution in [-0.2, 0) is 6.54 Å². The summed E-state index contributed by atoms with van der Waals surface area (Å²) in [6.07, 6.45) is 5.08. The van der Waals surface area contributed by atoms with Crippen LogP contribution in [0, 0.1) is 0 Å². The van der Waals surface area contributed by atoms with Gasteiger partial charge in [-0.2, -0.15) is 0 Å². The predicted octanol–water partition coefficient (Wildman–Crippen LogP) is 4.02. The van der Waals surface area contributed by atoms with Crippen LogP contribution in [0.4, 0.5) is 0 Å². The van der Waals surface area contributed by atoms with Gasteiger partial charge in [0.05, 0.1) is 6.10 Å². The van der Waals surface area contributed by atoms with E-state index >= 15 is 0 Å². The van der Waals surface area contributed by atoms with Gasteiger partial charge < -0.3 is 10.1 Å². The quantitative estimate of drug-likeness (QED) is 0.778. The van der Waals surface area contributed by atoms with E-state index in [4.69, 9.17) is 4.74 Å². The van der Waals surface area contributed by atoms with E-state index in [0.717, 1.165) is 37.0 Å². The second-order valence-electron chi connectivity index (χ2n) is 6.27. The van der Waals surface area contributed by atoms with Crippen molar-refractivity contribution in [1.82, 2.24) is 10.3 Å². The second kappa shape index (κ2) is 7.07. The molecule has 1 unspecified atom stereocenters. The average molecular weight is 276 g/mol. The first kappa shape index (κ1) is 15.3. The Kier molecular flexibility index (Phi) is 5.41. The number of rotatable bonds is 8. The highest BCUT2D eigenvalue weighted by atomic mass is 16.5. The maximum Gasteiger partial charge on any atom is 0.214 e. The third-order valence-corrected chi connectivity index (χ3v) is 3.66. The fraction of sp³-hybridized carbons (Fsp3) is 0.706. The molecule has 112 valence electrons. The van der Waals surface area contributed by atoms with Crippen molar-refractivity contribution < 1.29 is 4.74 Å². The van der Waals surface area contributed by atoms with Crippen molar-refractivity contribution in [1.29, 1.82) is 0 Å². The molecule has 1 aliphatic carbocycles. The lowest BCUT2D eigenvalue weighted by molar-refractivity contribution is 0.200. The van der Waals surface area contributed by atoms with Gasteiger partial charge in [0.2, 0.25) is 5.88 Å². The highest BCUT2D eigenvalue weighted by Gasteiger charge is 2.20. The van der Waals surface area contributed by atoms with Crippen molar-refractivity contribution in [3.8, 4) is 5.88 Å². The Hall–Kier alpha value is -1.09. The van der Waals surface area contributed by atoms with Crippen molar-refractivity contribution in [3.63, 3.8) is 0 Å². The maximum absolute atomic E-state index is 5.97. The van der Waals surface area contributed by atoms with Gasteiger partial charge in [-0.05, 0) is 43.7 Å². The van der Waals surface area contributed by atoms with Crippen molar-refractivity contribution in [2.24, 2.45) is 0 Å². The SMILES string of the molecule is CCCC(C)Oc1cc(CNC2CC2)cc(C(C)C)n1. The third kappa shape index (κ3) is 4.78. The van der Waals surface area contributed by atoms with Gasteiger partial charge in [0.15, 0.2) is 0 Å². The van der Waals surface area contributed by atoms with Crippen LogP contribution < -0.4 is 10.1 Å². The molecule has 0 bridgehead atoms. The molecule has 0 saturated heterocycles. The minimum absolute atomic E-state index is 0.235. The summed E-state index contributed by atoms with van der Waals surface area (Å²) in [5, 5.41) is 3.56. The van der Waals surface area contributed by atoms with Gasteiger partial charge in [0.1, 0.15) is 0 Å². The first-order chi connectivity index (χ1) is 9.58. The number of ether oxygens (including phenoxy) is 1. The highest BCUT2D eigenvalue weighted by molar-refractivity contribution is 5.27. The molecule has 1 aliphatic rings. The summed E-state index contributed by atoms with van der Waals surface area (Å²) in [4.78, 5) is 4.65. The molecular formula is C17H28N2O. The first-order valence-corrected chi connectivity index (χ1v) is 7.99. The van der Waals surface area contributed by atoms with Gasteiger partial charge in [-0.1, -0.05) is 27.2 Å². The Morgan fingerprint density at radius 3 is 2.65 bits per heavy atom. The zero-order valence-corrected chi connectivity index (χ0v) is 13.3. The van der Waals surface area contributed by atoms with E-state index in [-0.39, 0.29) is 6.10 Å². The largest absolute Gasteiger partial charge is 0.475 e. The standard InChI is InChI=1S/C17H28N2O/c1-5-6-13(4)20-17-10-14(11-18-15-7-8-15)9-16(19-17)12(2)3/h9-10,12-13,15,18H,5-8,11H2,1-4H3. The summed E-state index contributed by atoms with van der Waals surface area (Å²) in [5.74, 6) is 1.21. The van der Waals surface area contributed by atoms with Crippen molar-refractivity contribution in [2.75, 3.05) is 0 Å². The molecule has 2 rings (SSSR count). The minimum atomic E-state index is 0.235. The molecular weight excluding hydrogens is 248 g/mol. The van der Waals surface area contributed by atoms with Crippen molar-refractivity contribution >= 4 is 0 Å². The lowest BCUT2D eigenvalue weighted by Crippen LogP contribution is -2.17. The van der Waals surface area contributed by atoms with Gasteiger partial charge in [0.25, 0.3) is 0 Å². The van der Waals surface area contributed by atoms with Crippen LogP contribution in [0.3, 0.4) is 0 Å². The third-order valence-electron chi connectivity index (χ3n) is 3.66. The summed E-state index contributed by atoms with van der Waals surface area (Å²) >= 11 is 0. The molecule has 0 spiro atoms. The Morgan fingerprint density at radius 2 is 2.05 bits per heavy atom. The van der Waals surface area contributed by atoms with E-state index in [9.17, 15) is 0 Å². The molecule has 0 aliphatic heterocycles. The summed E-state index contributed by atoms with van der Waals surface area (Å²) < 4.78 is 5.97. The van der Waals surface area contributed by atoms with Crippen LogP contribution in [-0.4, -0.2) is 17.1 Å². The molecule has 0 amide bonds. The molecule has 3 heteroatoms. The Bertz CT molecular complexity index is 427. The monoisotopic (exact) mass is 276 g/mol. The second-order valence-corrected chi connectivity index (χ2v) is 6.27. The normalized spacial score (nSPS) is 16.4. The lowest BCUT2D eigenvalue weighted by Gasteiger charge is -2.16. The average Bonchev–Trinajstić information content (AvgIpc) is 3.20. The fourth-order valence-electron chi connectivity index (χ4n) is 2.26. The van der Waals surface area contributed by atoms with Crippen LogP contribution in [0.1, 0.15) is 70.6 Å². The molecule has 1 heterocycles. The number of aromatic nitrogens is 1. The van der Waals surface area contributed by atoms with E-state index in [1.165, 1.54) is 18.4 Å². The smallest absolute Gasteiger partial charge is 0.214 e. The Balaban J connectivity index is 2.07. The summed E-state index contributed by atoms with van der Waals surface area (Å²) in [6.45, 7) is 9.59. The van der Waals surface area contributed by atoms with Gasteiger partial charge >= 0.3 is 0 Å². The van der Waals surface area contributed by atoms with Gasteiger partial charge in [0, 0.05) is 24.3 Å². The predicted molar refractivity (Wildman–Crippen MR) is 83.2 cm³/mol. The Morgan fingerprint density at radius 1 is 1.30 bits per heavy atom. The first-order valence-electron chi connectivity index (χ1n) is 7.99. The molecule has 1 aromatic heterocycles. The molecule has 1 saturated carbocycles. The van der Waals surface area contributed by atoms with E-state index in [2.05, 4.69) is 50.1 Å². The molecule has 1 atom stereocenters. The van der Waals surface area contributed by atoms with E-state index in [0.29, 0.717) is 5.92 Å². The highest BCUT2D eigenvalue weighted by Crippen LogP contribution is 2.23. The lowest BCUT2D eigenvalue weighted by atomic mass is 10.1. The molecule has 1 fully saturated rings. The van der Waals surface area contributed by atoms with Gasteiger partial charge in [-0.3, -0.25) is 0 Å². The number of nitrogens with zero attached hydrogens (tertiary/aromatic N) is 1. The van der Waals surface area contributed by atoms with Gasteiger partial charge in [-0.25, -0.2) is 4.98 Å². The zero-order chi connectivity index (χ0) is 14.5. The zero-order valence-electron chi connectivity index (χ0n) is 13.3. The van der Waals surface area contributed by atoms with E-state index < -0.39 is 0 Å². The molecule has 3 nitrogen and oxygen atoms in total. The molecule has 0 aromatic carbocycles. The Labute approximate surface area is 123 Å². The number of hydrogen-bond donors (Lipinski definition) is 1. The number of nitrogens with one attached hydrogen (secondary N) is 1. The van der Waals surface area contributed by atoms with Crippen molar-refractivity contribution in [3.05, 3.63) is 23.4 Å². The maximum atomic E-state index is 5.97. The van der Waals surface area contributed by atoms with Crippen LogP contribution in [0.15, 0.2) is 12.1 Å². The summed E-state index contributed by atoms with van der Waals surface area (Å²) in [7, 11) is 0. The molecule has 1 N–H and O–H groups in total. The van der Waals surface area contributed by atoms with Crippen LogP contribution in [0.5, 0.6) is 5.88 Å². The van der Waals surface area contributed by atoms with E-state index in [1.807, 2.05) is 0 Å². The van der Waals surface area contributed by atoms with Crippen LogP contribution in [0.2, 0.25) is 0 Å². The number of hydrogen-bond acceptors (Lipinski definition) is 3. The van der Waals surface area contributed by atoms with E-state index in [1.54, 1.807) is 0 Å². The topological polar surface area (TPSA) is 34.1 Å². The molecule has 1 aromatic rings. The minimum Gasteiger partial charge on any atom is -0.475 e. The fourth-order valence-corrected chi connectivity index (χ4v) is 2.26. The summed E-state index contributed by atoms with van der Waals surface area (Å²) in [6, 6.07) is 5.03.